The third-order valence-electron chi connectivity index (χ3n) is 4.26. The lowest BCUT2D eigenvalue weighted by atomic mass is 10.00. The Morgan fingerprint density at radius 3 is 2.46 bits per heavy atom. The smallest absolute Gasteiger partial charge is 0.207 e. The Morgan fingerprint density at radius 1 is 1.04 bits per heavy atom. The molecule has 142 valence electrons. The van der Waals surface area contributed by atoms with E-state index in [9.17, 15) is 15.0 Å². The summed E-state index contributed by atoms with van der Waals surface area (Å²) in [5.74, 6) is -0.393. The summed E-state index contributed by atoms with van der Waals surface area (Å²) in [6.45, 7) is 5.58. The van der Waals surface area contributed by atoms with Crippen LogP contribution in [0.1, 0.15) is 61.6 Å². The number of ketones is 1. The first-order valence-electron chi connectivity index (χ1n) is 8.92. The van der Waals surface area contributed by atoms with Gasteiger partial charge in [0.2, 0.25) is 5.78 Å². The number of aromatic nitrogens is 6. The van der Waals surface area contributed by atoms with Crippen LogP contribution in [0.3, 0.4) is 0 Å². The molecular weight excluding hydrogens is 336 g/mol. The fraction of sp³-hybridized carbons (Fsp3) is 0.588. The summed E-state index contributed by atoms with van der Waals surface area (Å²) in [6, 6.07) is 0. The Balaban J connectivity index is 1.99. The molecule has 0 fully saturated rings. The summed E-state index contributed by atoms with van der Waals surface area (Å²) in [4.78, 5) is 11.8. The second-order valence-electron chi connectivity index (χ2n) is 6.25. The van der Waals surface area contributed by atoms with Gasteiger partial charge in [-0.3, -0.25) is 4.79 Å². The number of carbonyl (C=O) groups is 1. The molecule has 0 bridgehead atoms. The fourth-order valence-electron chi connectivity index (χ4n) is 2.73. The van der Waals surface area contributed by atoms with E-state index >= 15 is 0 Å². The molecule has 2 atom stereocenters. The highest BCUT2D eigenvalue weighted by molar-refractivity contribution is 6.06. The molecular formula is C17H26N6O3. The summed E-state index contributed by atoms with van der Waals surface area (Å²) in [7, 11) is 0. The van der Waals surface area contributed by atoms with Crippen molar-refractivity contribution in [2.45, 2.75) is 64.1 Å². The maximum atomic E-state index is 11.8. The van der Waals surface area contributed by atoms with E-state index in [1.165, 1.54) is 12.8 Å². The maximum absolute atomic E-state index is 11.8. The van der Waals surface area contributed by atoms with Crippen molar-refractivity contribution in [2.75, 3.05) is 0 Å². The second kappa shape index (κ2) is 9.93. The van der Waals surface area contributed by atoms with Gasteiger partial charge in [-0.1, -0.05) is 45.6 Å². The van der Waals surface area contributed by atoms with Crippen molar-refractivity contribution < 1.29 is 15.0 Å². The Hall–Kier alpha value is -2.39. The third kappa shape index (κ3) is 5.06. The summed E-state index contributed by atoms with van der Waals surface area (Å²) < 4.78 is 0. The van der Waals surface area contributed by atoms with E-state index in [0.717, 1.165) is 25.3 Å². The minimum absolute atomic E-state index is 0.0844. The Labute approximate surface area is 151 Å². The number of aliphatic hydroxyl groups is 2. The molecule has 0 aromatic carbocycles. The highest BCUT2D eigenvalue weighted by atomic mass is 16.3. The van der Waals surface area contributed by atoms with Gasteiger partial charge in [0.15, 0.2) is 5.69 Å². The van der Waals surface area contributed by atoms with Crippen LogP contribution in [0.4, 0.5) is 0 Å². The molecule has 4 N–H and O–H groups in total. The molecule has 0 aliphatic rings. The number of carbonyl (C=O) groups excluding carboxylic acids is 1. The first kappa shape index (κ1) is 19.9. The predicted molar refractivity (Wildman–Crippen MR) is 95.4 cm³/mol. The minimum atomic E-state index is -0.976. The molecule has 0 aliphatic heterocycles. The Morgan fingerprint density at radius 2 is 1.73 bits per heavy atom. The molecule has 2 rings (SSSR count). The molecule has 2 unspecified atom stereocenters. The summed E-state index contributed by atoms with van der Waals surface area (Å²) >= 11 is 0. The van der Waals surface area contributed by atoms with Gasteiger partial charge < -0.3 is 10.2 Å². The minimum Gasteiger partial charge on any atom is -0.390 e. The largest absolute Gasteiger partial charge is 0.390 e. The molecule has 0 spiro atoms. The average Bonchev–Trinajstić information content (AvgIpc) is 3.29. The summed E-state index contributed by atoms with van der Waals surface area (Å²) in [6.07, 6.45) is 5.34. The van der Waals surface area contributed by atoms with Crippen LogP contribution in [0.15, 0.2) is 12.7 Å². The Kier molecular flexibility index (Phi) is 7.61. The second-order valence-corrected chi connectivity index (χ2v) is 6.25. The number of allylic oxidation sites excluding steroid dienone is 1. The molecule has 0 radical (unpaired) electrons. The summed E-state index contributed by atoms with van der Waals surface area (Å²) in [5, 5.41) is 41.1. The topological polar surface area (TPSA) is 141 Å². The molecule has 26 heavy (non-hydrogen) atoms. The summed E-state index contributed by atoms with van der Waals surface area (Å²) in [5.41, 5.74) is 1.05. The zero-order valence-electron chi connectivity index (χ0n) is 15.0. The van der Waals surface area contributed by atoms with Crippen LogP contribution in [0.2, 0.25) is 0 Å². The number of unbranched alkanes of at least 4 members (excludes halogenated alkanes) is 4. The number of hydrogen-bond donors (Lipinski definition) is 4. The van der Waals surface area contributed by atoms with E-state index in [-0.39, 0.29) is 17.8 Å². The van der Waals surface area contributed by atoms with Crippen LogP contribution >= 0.6 is 0 Å². The van der Waals surface area contributed by atoms with Crippen LogP contribution in [0, 0.1) is 0 Å². The standard InChI is InChI=1S/C17H26N6O3/c1-3-5-6-7-8-9-13(25)14(26)10-11-15(19-22-18-11)17-16(12(24)4-2)20-23-21-17/h4,13-14,25-26H,2-3,5-10H2,1H3,(H,18,19,22)(H,20,21,23). The number of hydrogen-bond acceptors (Lipinski definition) is 7. The van der Waals surface area contributed by atoms with Crippen molar-refractivity contribution >= 4 is 5.78 Å². The monoisotopic (exact) mass is 362 g/mol. The van der Waals surface area contributed by atoms with Crippen molar-refractivity contribution in [1.82, 2.24) is 30.8 Å². The van der Waals surface area contributed by atoms with Crippen LogP contribution < -0.4 is 0 Å². The van der Waals surface area contributed by atoms with Crippen molar-refractivity contribution in [3.63, 3.8) is 0 Å². The lowest BCUT2D eigenvalue weighted by molar-refractivity contribution is 0.0132. The van der Waals surface area contributed by atoms with Crippen molar-refractivity contribution in [2.24, 2.45) is 0 Å². The lowest BCUT2D eigenvalue weighted by Crippen LogP contribution is -2.28. The normalized spacial score (nSPS) is 13.5. The SMILES string of the molecule is C=CC(=O)c1n[nH]nc1-c1n[nH]nc1CC(O)C(O)CCCCCCC. The van der Waals surface area contributed by atoms with E-state index in [0.29, 0.717) is 17.8 Å². The van der Waals surface area contributed by atoms with Gasteiger partial charge in [-0.15, -0.1) is 0 Å². The average molecular weight is 362 g/mol. The van der Waals surface area contributed by atoms with Gasteiger partial charge in [-0.2, -0.15) is 30.8 Å². The van der Waals surface area contributed by atoms with Gasteiger partial charge in [0.25, 0.3) is 0 Å². The van der Waals surface area contributed by atoms with Crippen molar-refractivity contribution in [3.05, 3.63) is 24.0 Å². The molecule has 9 nitrogen and oxygen atoms in total. The number of nitrogens with one attached hydrogen (secondary N) is 2. The van der Waals surface area contributed by atoms with E-state index in [1.54, 1.807) is 0 Å². The predicted octanol–water partition coefficient (Wildman–Crippen LogP) is 1.58. The molecule has 0 aliphatic carbocycles. The zero-order chi connectivity index (χ0) is 18.9. The maximum Gasteiger partial charge on any atom is 0.207 e. The first-order chi connectivity index (χ1) is 12.6. The first-order valence-corrected chi connectivity index (χ1v) is 8.92. The number of H-pyrrole nitrogens is 2. The van der Waals surface area contributed by atoms with Crippen LogP contribution in [-0.4, -0.2) is 59.0 Å². The number of nitrogens with zero attached hydrogens (tertiary/aromatic N) is 4. The number of aromatic amines is 2. The molecule has 9 heteroatoms. The van der Waals surface area contributed by atoms with E-state index < -0.39 is 18.0 Å². The van der Waals surface area contributed by atoms with E-state index in [1.807, 2.05) is 0 Å². The van der Waals surface area contributed by atoms with Crippen molar-refractivity contribution in [3.8, 4) is 11.4 Å². The molecule has 0 saturated heterocycles. The molecule has 0 saturated carbocycles. The van der Waals surface area contributed by atoms with Crippen molar-refractivity contribution in [1.29, 1.82) is 0 Å². The van der Waals surface area contributed by atoms with Gasteiger partial charge in [-0.25, -0.2) is 0 Å². The van der Waals surface area contributed by atoms with Gasteiger partial charge in [0.05, 0.1) is 17.9 Å². The van der Waals surface area contributed by atoms with E-state index in [4.69, 9.17) is 0 Å². The van der Waals surface area contributed by atoms with Crippen LogP contribution in [0.5, 0.6) is 0 Å². The number of rotatable bonds is 12. The highest BCUT2D eigenvalue weighted by Crippen LogP contribution is 2.22. The molecule has 2 heterocycles. The highest BCUT2D eigenvalue weighted by Gasteiger charge is 2.25. The quantitative estimate of drug-likeness (QED) is 0.255. The fourth-order valence-corrected chi connectivity index (χ4v) is 2.73. The molecule has 2 aromatic rings. The lowest BCUT2D eigenvalue weighted by Gasteiger charge is -2.17. The van der Waals surface area contributed by atoms with Gasteiger partial charge >= 0.3 is 0 Å². The third-order valence-corrected chi connectivity index (χ3v) is 4.26. The molecule has 2 aromatic heterocycles. The van der Waals surface area contributed by atoms with Gasteiger partial charge in [-0.05, 0) is 12.5 Å². The van der Waals surface area contributed by atoms with Crippen LogP contribution in [0.25, 0.3) is 11.4 Å². The van der Waals surface area contributed by atoms with Gasteiger partial charge in [0, 0.05) is 6.42 Å². The Bertz CT molecular complexity index is 711. The molecule has 0 amide bonds. The van der Waals surface area contributed by atoms with E-state index in [2.05, 4.69) is 44.3 Å². The zero-order valence-corrected chi connectivity index (χ0v) is 15.0. The van der Waals surface area contributed by atoms with Crippen LogP contribution in [-0.2, 0) is 6.42 Å². The number of aliphatic hydroxyl groups excluding tert-OH is 2. The van der Waals surface area contributed by atoms with Gasteiger partial charge in [0.1, 0.15) is 11.4 Å².